The van der Waals surface area contributed by atoms with E-state index < -0.39 is 21.5 Å². The van der Waals surface area contributed by atoms with Crippen LogP contribution in [0.5, 0.6) is 0 Å². The molecule has 0 radical (unpaired) electrons. The lowest BCUT2D eigenvalue weighted by Crippen LogP contribution is -2.31. The molecule has 0 saturated carbocycles. The van der Waals surface area contributed by atoms with Crippen molar-refractivity contribution in [3.63, 3.8) is 0 Å². The molecule has 0 spiro atoms. The van der Waals surface area contributed by atoms with Crippen molar-refractivity contribution < 1.29 is 13.2 Å². The van der Waals surface area contributed by atoms with Crippen molar-refractivity contribution in [2.75, 3.05) is 24.1 Å². The van der Waals surface area contributed by atoms with E-state index in [2.05, 4.69) is 10.3 Å². The number of nitrogen functional groups attached to an aromatic ring is 1. The number of anilines is 2. The Morgan fingerprint density at radius 1 is 1.30 bits per heavy atom. The maximum absolute atomic E-state index is 12.6. The van der Waals surface area contributed by atoms with Crippen LogP contribution < -0.4 is 16.6 Å². The fourth-order valence-corrected chi connectivity index (χ4v) is 4.03. The van der Waals surface area contributed by atoms with Crippen molar-refractivity contribution >= 4 is 27.4 Å². The van der Waals surface area contributed by atoms with Gasteiger partial charge in [0, 0.05) is 18.8 Å². The van der Waals surface area contributed by atoms with Crippen LogP contribution in [0.25, 0.3) is 0 Å². The van der Waals surface area contributed by atoms with E-state index in [4.69, 9.17) is 5.73 Å². The van der Waals surface area contributed by atoms with Gasteiger partial charge in [0.25, 0.3) is 5.56 Å². The largest absolute Gasteiger partial charge is 0.383 e. The minimum absolute atomic E-state index is 0.0890. The maximum Gasteiger partial charge on any atom is 0.258 e. The van der Waals surface area contributed by atoms with E-state index in [1.54, 1.807) is 26.0 Å². The van der Waals surface area contributed by atoms with Crippen molar-refractivity contribution in [3.8, 4) is 0 Å². The zero-order chi connectivity index (χ0) is 20.2. The molecule has 0 aliphatic rings. The number of amides is 1. The van der Waals surface area contributed by atoms with Gasteiger partial charge in [-0.15, -0.1) is 0 Å². The predicted octanol–water partition coefficient (Wildman–Crippen LogP) is 0.803. The molecule has 0 fully saturated rings. The molecule has 9 nitrogen and oxygen atoms in total. The molecule has 0 aliphatic carbocycles. The summed E-state index contributed by atoms with van der Waals surface area (Å²) in [5.41, 5.74) is 5.74. The molecule has 1 heterocycles. The third-order valence-corrected chi connectivity index (χ3v) is 6.12. The normalized spacial score (nSPS) is 11.6. The number of aromatic nitrogens is 2. The molecule has 1 aromatic carbocycles. The number of rotatable bonds is 7. The Morgan fingerprint density at radius 2 is 1.96 bits per heavy atom. The van der Waals surface area contributed by atoms with Gasteiger partial charge in [-0.3, -0.25) is 14.2 Å². The van der Waals surface area contributed by atoms with Gasteiger partial charge in [-0.25, -0.2) is 13.4 Å². The van der Waals surface area contributed by atoms with Gasteiger partial charge in [0.05, 0.1) is 10.5 Å². The van der Waals surface area contributed by atoms with E-state index in [9.17, 15) is 18.0 Å². The topological polar surface area (TPSA) is 127 Å². The number of hydrogen-bond donors (Lipinski definition) is 2. The number of benzene rings is 1. The molecule has 3 N–H and O–H groups in total. The first-order valence-corrected chi connectivity index (χ1v) is 9.86. The molecule has 0 bridgehead atoms. The van der Waals surface area contributed by atoms with Crippen molar-refractivity contribution in [1.29, 1.82) is 0 Å². The fraction of sp³-hybridized carbons (Fsp3) is 0.353. The molecule has 146 valence electrons. The summed E-state index contributed by atoms with van der Waals surface area (Å²) in [6.45, 7) is 5.48. The van der Waals surface area contributed by atoms with Crippen LogP contribution >= 0.6 is 0 Å². The Balaban J connectivity index is 2.20. The summed E-state index contributed by atoms with van der Waals surface area (Å²) in [4.78, 5) is 28.3. The van der Waals surface area contributed by atoms with Gasteiger partial charge in [0.15, 0.2) is 0 Å². The number of hydrogen-bond acceptors (Lipinski definition) is 6. The zero-order valence-corrected chi connectivity index (χ0v) is 16.3. The molecule has 27 heavy (non-hydrogen) atoms. The molecule has 0 unspecified atom stereocenters. The monoisotopic (exact) mass is 393 g/mol. The highest BCUT2D eigenvalue weighted by atomic mass is 32.2. The van der Waals surface area contributed by atoms with Crippen LogP contribution in [0, 0.1) is 6.92 Å². The SMILES string of the molecule is CCN(CC)S(=O)(=O)c1cccc(NC(=O)Cn2cnc(N)c(C)c2=O)c1. The first-order chi connectivity index (χ1) is 12.7. The van der Waals surface area contributed by atoms with Gasteiger partial charge in [-0.05, 0) is 25.1 Å². The number of nitrogens with zero attached hydrogens (tertiary/aromatic N) is 3. The van der Waals surface area contributed by atoms with Crippen molar-refractivity contribution in [1.82, 2.24) is 13.9 Å². The van der Waals surface area contributed by atoms with Gasteiger partial charge in [-0.1, -0.05) is 19.9 Å². The van der Waals surface area contributed by atoms with Gasteiger partial charge in [0.2, 0.25) is 15.9 Å². The molecular weight excluding hydrogens is 370 g/mol. The summed E-state index contributed by atoms with van der Waals surface area (Å²) >= 11 is 0. The van der Waals surface area contributed by atoms with Crippen LogP contribution in [0.3, 0.4) is 0 Å². The second-order valence-electron chi connectivity index (χ2n) is 5.85. The van der Waals surface area contributed by atoms with Gasteiger partial charge < -0.3 is 11.1 Å². The maximum atomic E-state index is 12.6. The molecule has 10 heteroatoms. The second-order valence-corrected chi connectivity index (χ2v) is 7.79. The van der Waals surface area contributed by atoms with Crippen LogP contribution in [0.1, 0.15) is 19.4 Å². The molecule has 0 aliphatic heterocycles. The van der Waals surface area contributed by atoms with Gasteiger partial charge >= 0.3 is 0 Å². The smallest absolute Gasteiger partial charge is 0.258 e. The van der Waals surface area contributed by atoms with Gasteiger partial charge in [0.1, 0.15) is 18.7 Å². The number of sulfonamides is 1. The molecule has 2 rings (SSSR count). The third-order valence-electron chi connectivity index (χ3n) is 4.08. The minimum Gasteiger partial charge on any atom is -0.383 e. The summed E-state index contributed by atoms with van der Waals surface area (Å²) in [5, 5.41) is 2.60. The Bertz CT molecular complexity index is 997. The van der Waals surface area contributed by atoms with E-state index in [0.717, 1.165) is 4.57 Å². The number of carbonyl (C=O) groups is 1. The summed E-state index contributed by atoms with van der Waals surface area (Å²) < 4.78 is 27.6. The molecule has 1 amide bonds. The van der Waals surface area contributed by atoms with Crippen molar-refractivity contribution in [2.45, 2.75) is 32.2 Å². The Morgan fingerprint density at radius 3 is 2.59 bits per heavy atom. The summed E-state index contributed by atoms with van der Waals surface area (Å²) in [7, 11) is -3.63. The lowest BCUT2D eigenvalue weighted by molar-refractivity contribution is -0.116. The second kappa shape index (κ2) is 8.31. The molecule has 0 saturated heterocycles. The average Bonchev–Trinajstić information content (AvgIpc) is 2.63. The standard InChI is InChI=1S/C17H23N5O4S/c1-4-22(5-2)27(25,26)14-8-6-7-13(9-14)20-15(23)10-21-11-19-16(18)12(3)17(21)24/h6-9,11H,4-5,10,18H2,1-3H3,(H,20,23). The quantitative estimate of drug-likeness (QED) is 0.716. The first kappa shape index (κ1) is 20.6. The average molecular weight is 393 g/mol. The fourth-order valence-electron chi connectivity index (χ4n) is 2.52. The van der Waals surface area contributed by atoms with Crippen molar-refractivity contribution in [3.05, 3.63) is 46.5 Å². The Labute approximate surface area is 157 Å². The minimum atomic E-state index is -3.63. The summed E-state index contributed by atoms with van der Waals surface area (Å²) in [6, 6.07) is 5.99. The molecule has 1 aromatic heterocycles. The summed E-state index contributed by atoms with van der Waals surface area (Å²) in [5.74, 6) is -0.369. The highest BCUT2D eigenvalue weighted by molar-refractivity contribution is 7.89. The molecular formula is C17H23N5O4S. The Hall–Kier alpha value is -2.72. The highest BCUT2D eigenvalue weighted by Crippen LogP contribution is 2.19. The van der Waals surface area contributed by atoms with E-state index in [1.807, 2.05) is 0 Å². The van der Waals surface area contributed by atoms with Crippen LogP contribution in [-0.2, 0) is 21.4 Å². The van der Waals surface area contributed by atoms with E-state index in [1.165, 1.54) is 29.7 Å². The Kier molecular flexibility index (Phi) is 6.34. The number of nitrogens with two attached hydrogens (primary N) is 1. The predicted molar refractivity (Wildman–Crippen MR) is 103 cm³/mol. The van der Waals surface area contributed by atoms with Crippen molar-refractivity contribution in [2.24, 2.45) is 0 Å². The van der Waals surface area contributed by atoms with Crippen LogP contribution in [-0.4, -0.2) is 41.3 Å². The highest BCUT2D eigenvalue weighted by Gasteiger charge is 2.21. The van der Waals surface area contributed by atoms with E-state index in [-0.39, 0.29) is 22.8 Å². The van der Waals surface area contributed by atoms with Crippen LogP contribution in [0.15, 0.2) is 40.3 Å². The lowest BCUT2D eigenvalue weighted by atomic mass is 10.3. The van der Waals surface area contributed by atoms with Crippen LogP contribution in [0.4, 0.5) is 11.5 Å². The van der Waals surface area contributed by atoms with Crippen LogP contribution in [0.2, 0.25) is 0 Å². The number of carbonyl (C=O) groups excluding carboxylic acids is 1. The zero-order valence-electron chi connectivity index (χ0n) is 15.5. The molecule has 0 atom stereocenters. The molecule has 2 aromatic rings. The van der Waals surface area contributed by atoms with E-state index >= 15 is 0 Å². The summed E-state index contributed by atoms with van der Waals surface area (Å²) in [6.07, 6.45) is 1.20. The van der Waals surface area contributed by atoms with E-state index in [0.29, 0.717) is 18.8 Å². The third kappa shape index (κ3) is 4.52. The number of nitrogens with one attached hydrogen (secondary N) is 1. The lowest BCUT2D eigenvalue weighted by Gasteiger charge is -2.19. The van der Waals surface area contributed by atoms with Gasteiger partial charge in [-0.2, -0.15) is 4.31 Å². The first-order valence-electron chi connectivity index (χ1n) is 8.42.